The fourth-order valence-corrected chi connectivity index (χ4v) is 1.89. The molecule has 0 amide bonds. The third-order valence-electron chi connectivity index (χ3n) is 3.01. The van der Waals surface area contributed by atoms with E-state index in [1.165, 1.54) is 11.1 Å². The minimum absolute atomic E-state index is 0.265. The smallest absolute Gasteiger partial charge is 0.0320 e. The Bertz CT molecular complexity index is 316. The largest absolute Gasteiger partial charge is 0.302 e. The quantitative estimate of drug-likeness (QED) is 0.685. The standard InChI is InChI=1S/C15H24ClN/c1-12(2)15-7-5-14(6-8-15)11-17(4)10-9-13(3)16/h5-8,12-13H,9-11H2,1-4H3. The number of halogens is 1. The van der Waals surface area contributed by atoms with Crippen LogP contribution in [-0.2, 0) is 6.54 Å². The highest BCUT2D eigenvalue weighted by Gasteiger charge is 2.04. The summed E-state index contributed by atoms with van der Waals surface area (Å²) in [6, 6.07) is 8.93. The van der Waals surface area contributed by atoms with E-state index in [0.29, 0.717) is 5.92 Å². The van der Waals surface area contributed by atoms with Crippen LogP contribution in [0.15, 0.2) is 24.3 Å². The molecule has 0 N–H and O–H groups in total. The van der Waals surface area contributed by atoms with E-state index in [9.17, 15) is 0 Å². The molecule has 0 aliphatic heterocycles. The molecule has 17 heavy (non-hydrogen) atoms. The lowest BCUT2D eigenvalue weighted by molar-refractivity contribution is 0.321. The molecule has 0 aromatic heterocycles. The molecule has 0 saturated carbocycles. The zero-order chi connectivity index (χ0) is 12.8. The molecule has 0 aliphatic carbocycles. The van der Waals surface area contributed by atoms with Gasteiger partial charge in [0.25, 0.3) is 0 Å². The van der Waals surface area contributed by atoms with Crippen molar-refractivity contribution in [3.8, 4) is 0 Å². The second-order valence-corrected chi connectivity index (χ2v) is 5.95. The van der Waals surface area contributed by atoms with Crippen LogP contribution in [0.4, 0.5) is 0 Å². The predicted octanol–water partition coefficient (Wildman–Crippen LogP) is 4.26. The van der Waals surface area contributed by atoms with E-state index in [1.807, 2.05) is 6.92 Å². The van der Waals surface area contributed by atoms with Crippen LogP contribution < -0.4 is 0 Å². The Kier molecular flexibility index (Phi) is 6.01. The summed E-state index contributed by atoms with van der Waals surface area (Å²) in [5, 5.41) is 0.265. The first-order valence-electron chi connectivity index (χ1n) is 6.40. The zero-order valence-corrected chi connectivity index (χ0v) is 12.2. The maximum Gasteiger partial charge on any atom is 0.0320 e. The Labute approximate surface area is 111 Å². The highest BCUT2D eigenvalue weighted by Crippen LogP contribution is 2.15. The number of hydrogen-bond donors (Lipinski definition) is 0. The molecule has 0 saturated heterocycles. The molecule has 1 aromatic carbocycles. The van der Waals surface area contributed by atoms with Gasteiger partial charge in [-0.05, 0) is 44.0 Å². The van der Waals surface area contributed by atoms with Crippen molar-refractivity contribution in [1.29, 1.82) is 0 Å². The van der Waals surface area contributed by atoms with Gasteiger partial charge in [0.2, 0.25) is 0 Å². The summed E-state index contributed by atoms with van der Waals surface area (Å²) in [7, 11) is 2.15. The lowest BCUT2D eigenvalue weighted by atomic mass is 10.0. The Morgan fingerprint density at radius 2 is 1.71 bits per heavy atom. The van der Waals surface area contributed by atoms with Crippen molar-refractivity contribution in [2.45, 2.75) is 45.0 Å². The summed E-state index contributed by atoms with van der Waals surface area (Å²) < 4.78 is 0. The van der Waals surface area contributed by atoms with Crippen LogP contribution in [-0.4, -0.2) is 23.9 Å². The lowest BCUT2D eigenvalue weighted by Crippen LogP contribution is -2.20. The molecule has 0 spiro atoms. The highest BCUT2D eigenvalue weighted by atomic mass is 35.5. The van der Waals surface area contributed by atoms with Gasteiger partial charge in [0.15, 0.2) is 0 Å². The van der Waals surface area contributed by atoms with E-state index in [1.54, 1.807) is 0 Å². The SMILES string of the molecule is CC(Cl)CCN(C)Cc1ccc(C(C)C)cc1. The fraction of sp³-hybridized carbons (Fsp3) is 0.600. The molecule has 1 atom stereocenters. The highest BCUT2D eigenvalue weighted by molar-refractivity contribution is 6.20. The lowest BCUT2D eigenvalue weighted by Gasteiger charge is -2.17. The average Bonchev–Trinajstić information content (AvgIpc) is 2.27. The van der Waals surface area contributed by atoms with Gasteiger partial charge in [-0.25, -0.2) is 0 Å². The fourth-order valence-electron chi connectivity index (χ4n) is 1.80. The van der Waals surface area contributed by atoms with Crippen molar-refractivity contribution in [1.82, 2.24) is 4.90 Å². The number of nitrogens with zero attached hydrogens (tertiary/aromatic N) is 1. The predicted molar refractivity (Wildman–Crippen MR) is 76.8 cm³/mol. The Balaban J connectivity index is 2.45. The van der Waals surface area contributed by atoms with Crippen molar-refractivity contribution in [3.63, 3.8) is 0 Å². The van der Waals surface area contributed by atoms with Gasteiger partial charge in [0.05, 0.1) is 0 Å². The first-order chi connectivity index (χ1) is 7.99. The van der Waals surface area contributed by atoms with Crippen LogP contribution in [0, 0.1) is 0 Å². The van der Waals surface area contributed by atoms with Gasteiger partial charge in [-0.15, -0.1) is 11.6 Å². The normalized spacial score (nSPS) is 13.4. The van der Waals surface area contributed by atoms with Gasteiger partial charge in [0.1, 0.15) is 0 Å². The molecule has 0 heterocycles. The molecule has 0 radical (unpaired) electrons. The van der Waals surface area contributed by atoms with E-state index in [-0.39, 0.29) is 5.38 Å². The van der Waals surface area contributed by atoms with Crippen molar-refractivity contribution >= 4 is 11.6 Å². The first kappa shape index (κ1) is 14.5. The van der Waals surface area contributed by atoms with Gasteiger partial charge in [0, 0.05) is 11.9 Å². The third kappa shape index (κ3) is 5.56. The molecule has 0 aliphatic rings. The van der Waals surface area contributed by atoms with E-state index in [4.69, 9.17) is 11.6 Å². The van der Waals surface area contributed by atoms with Crippen LogP contribution in [0.5, 0.6) is 0 Å². The summed E-state index contributed by atoms with van der Waals surface area (Å²) in [6.45, 7) is 8.55. The Morgan fingerprint density at radius 1 is 1.12 bits per heavy atom. The molecular weight excluding hydrogens is 230 g/mol. The average molecular weight is 254 g/mol. The van der Waals surface area contributed by atoms with Crippen LogP contribution in [0.25, 0.3) is 0 Å². The molecule has 1 nitrogen and oxygen atoms in total. The van der Waals surface area contributed by atoms with Crippen LogP contribution in [0.2, 0.25) is 0 Å². The number of rotatable bonds is 6. The summed E-state index contributed by atoms with van der Waals surface area (Å²) in [5.74, 6) is 0.610. The van der Waals surface area contributed by atoms with E-state index >= 15 is 0 Å². The van der Waals surface area contributed by atoms with Crippen LogP contribution >= 0.6 is 11.6 Å². The molecule has 1 unspecified atom stereocenters. The molecule has 0 fully saturated rings. The van der Waals surface area contributed by atoms with Crippen LogP contribution in [0.3, 0.4) is 0 Å². The minimum Gasteiger partial charge on any atom is -0.302 e. The van der Waals surface area contributed by atoms with Crippen molar-refractivity contribution < 1.29 is 0 Å². The summed E-state index contributed by atoms with van der Waals surface area (Å²) >= 11 is 5.95. The topological polar surface area (TPSA) is 3.24 Å². The van der Waals surface area contributed by atoms with Gasteiger partial charge in [-0.1, -0.05) is 38.1 Å². The van der Waals surface area contributed by atoms with E-state index in [2.05, 4.69) is 50.1 Å². The van der Waals surface area contributed by atoms with Crippen molar-refractivity contribution in [3.05, 3.63) is 35.4 Å². The van der Waals surface area contributed by atoms with E-state index < -0.39 is 0 Å². The Morgan fingerprint density at radius 3 is 2.18 bits per heavy atom. The van der Waals surface area contributed by atoms with Gasteiger partial charge in [-0.2, -0.15) is 0 Å². The van der Waals surface area contributed by atoms with Crippen molar-refractivity contribution in [2.75, 3.05) is 13.6 Å². The molecule has 1 aromatic rings. The van der Waals surface area contributed by atoms with Gasteiger partial charge < -0.3 is 4.90 Å². The van der Waals surface area contributed by atoms with Gasteiger partial charge in [-0.3, -0.25) is 0 Å². The molecule has 96 valence electrons. The second kappa shape index (κ2) is 7.03. The molecule has 1 rings (SSSR count). The first-order valence-corrected chi connectivity index (χ1v) is 6.84. The molecule has 2 heteroatoms. The summed E-state index contributed by atoms with van der Waals surface area (Å²) in [5.41, 5.74) is 2.78. The number of benzene rings is 1. The summed E-state index contributed by atoms with van der Waals surface area (Å²) in [6.07, 6.45) is 1.04. The van der Waals surface area contributed by atoms with E-state index in [0.717, 1.165) is 19.5 Å². The van der Waals surface area contributed by atoms with Crippen LogP contribution in [0.1, 0.15) is 44.2 Å². The zero-order valence-electron chi connectivity index (χ0n) is 11.4. The number of alkyl halides is 1. The summed E-state index contributed by atoms with van der Waals surface area (Å²) in [4.78, 5) is 2.32. The monoisotopic (exact) mass is 253 g/mol. The minimum atomic E-state index is 0.265. The molecular formula is C15H24ClN. The van der Waals surface area contributed by atoms with Crippen molar-refractivity contribution in [2.24, 2.45) is 0 Å². The maximum absolute atomic E-state index is 5.95. The molecule has 0 bridgehead atoms. The Hall–Kier alpha value is -0.530. The number of hydrogen-bond acceptors (Lipinski definition) is 1. The second-order valence-electron chi connectivity index (χ2n) is 5.20. The van der Waals surface area contributed by atoms with Gasteiger partial charge >= 0.3 is 0 Å². The third-order valence-corrected chi connectivity index (χ3v) is 3.23. The maximum atomic E-state index is 5.95.